The van der Waals surface area contributed by atoms with Crippen LogP contribution in [0.2, 0.25) is 0 Å². The molecule has 4 rings (SSSR count). The van der Waals surface area contributed by atoms with Gasteiger partial charge in [-0.2, -0.15) is 0 Å². The molecule has 0 radical (unpaired) electrons. The van der Waals surface area contributed by atoms with Gasteiger partial charge in [0.2, 0.25) is 0 Å². The fourth-order valence-electron chi connectivity index (χ4n) is 2.73. The van der Waals surface area contributed by atoms with E-state index in [4.69, 9.17) is 5.73 Å². The Hall–Kier alpha value is -1.14. The van der Waals surface area contributed by atoms with Crippen molar-refractivity contribution in [3.05, 3.63) is 35.2 Å². The molecule has 1 aromatic carbocycles. The fourth-order valence-corrected chi connectivity index (χ4v) is 5.23. The average molecular weight is 339 g/mol. The zero-order chi connectivity index (χ0) is 13.7. The maximum atomic E-state index is 12.5. The summed E-state index contributed by atoms with van der Waals surface area (Å²) in [5.41, 5.74) is 5.88. The van der Waals surface area contributed by atoms with Crippen LogP contribution >= 0.6 is 35.1 Å². The second kappa shape index (κ2) is 5.57. The Morgan fingerprint density at radius 2 is 2.05 bits per heavy atom. The normalized spacial score (nSPS) is 18.3. The van der Waals surface area contributed by atoms with Crippen LogP contribution in [0.3, 0.4) is 0 Å². The lowest BCUT2D eigenvalue weighted by Crippen LogP contribution is -2.31. The molecule has 0 unspecified atom stereocenters. The molecule has 1 aliphatic rings. The third-order valence-electron chi connectivity index (χ3n) is 3.77. The standard InChI is InChI=1S/C15H14N2OS2.ClH/c16-9-5-6-17(8-9)15(18)13-7-12-14(20-13)10-3-1-2-4-11(10)19-12;/h1-4,7,9H,5-6,8,16H2;1H/t9-;/m1./s1. The summed E-state index contributed by atoms with van der Waals surface area (Å²) in [6.07, 6.45) is 0.911. The van der Waals surface area contributed by atoms with Crippen molar-refractivity contribution < 1.29 is 4.79 Å². The van der Waals surface area contributed by atoms with Gasteiger partial charge in [-0.25, -0.2) is 0 Å². The van der Waals surface area contributed by atoms with Crippen LogP contribution in [0.4, 0.5) is 0 Å². The van der Waals surface area contributed by atoms with E-state index in [9.17, 15) is 4.79 Å². The van der Waals surface area contributed by atoms with Crippen LogP contribution in [0.25, 0.3) is 19.5 Å². The van der Waals surface area contributed by atoms with E-state index in [0.29, 0.717) is 6.54 Å². The molecular formula is C15H15ClN2OS2. The number of carbonyl (C=O) groups is 1. The van der Waals surface area contributed by atoms with E-state index < -0.39 is 0 Å². The number of hydrogen-bond acceptors (Lipinski definition) is 4. The van der Waals surface area contributed by atoms with Gasteiger partial charge in [0.15, 0.2) is 0 Å². The molecule has 1 amide bonds. The Kier molecular flexibility index (Phi) is 3.92. The van der Waals surface area contributed by atoms with Crippen molar-refractivity contribution in [3.63, 3.8) is 0 Å². The second-order valence-corrected chi connectivity index (χ2v) is 7.34. The number of likely N-dealkylation sites (tertiary alicyclic amines) is 1. The molecule has 1 saturated heterocycles. The Morgan fingerprint density at radius 3 is 2.81 bits per heavy atom. The Labute approximate surface area is 136 Å². The Morgan fingerprint density at radius 1 is 1.24 bits per heavy atom. The highest BCUT2D eigenvalue weighted by atomic mass is 35.5. The van der Waals surface area contributed by atoms with Gasteiger partial charge in [-0.3, -0.25) is 4.79 Å². The van der Waals surface area contributed by atoms with E-state index in [-0.39, 0.29) is 24.4 Å². The Balaban J connectivity index is 0.00000132. The van der Waals surface area contributed by atoms with Crippen LogP contribution in [0.5, 0.6) is 0 Å². The van der Waals surface area contributed by atoms with Gasteiger partial charge >= 0.3 is 0 Å². The summed E-state index contributed by atoms with van der Waals surface area (Å²) in [7, 11) is 0. The number of rotatable bonds is 1. The highest BCUT2D eigenvalue weighted by Gasteiger charge is 2.26. The predicted molar refractivity (Wildman–Crippen MR) is 93.0 cm³/mol. The molecule has 1 atom stereocenters. The summed E-state index contributed by atoms with van der Waals surface area (Å²) in [5, 5.41) is 1.26. The van der Waals surface area contributed by atoms with Gasteiger partial charge in [0.1, 0.15) is 0 Å². The van der Waals surface area contributed by atoms with E-state index in [1.807, 2.05) is 11.0 Å². The first-order valence-electron chi connectivity index (χ1n) is 6.68. The molecule has 2 aromatic heterocycles. The lowest BCUT2D eigenvalue weighted by Gasteiger charge is -2.13. The van der Waals surface area contributed by atoms with Crippen molar-refractivity contribution in [2.75, 3.05) is 13.1 Å². The van der Waals surface area contributed by atoms with Crippen LogP contribution in [0, 0.1) is 0 Å². The largest absolute Gasteiger partial charge is 0.336 e. The van der Waals surface area contributed by atoms with Gasteiger partial charge in [0, 0.05) is 33.9 Å². The monoisotopic (exact) mass is 338 g/mol. The zero-order valence-electron chi connectivity index (χ0n) is 11.2. The highest BCUT2D eigenvalue weighted by molar-refractivity contribution is 7.33. The summed E-state index contributed by atoms with van der Waals surface area (Å²) in [5.74, 6) is 0.135. The molecule has 0 saturated carbocycles. The minimum absolute atomic E-state index is 0. The number of fused-ring (bicyclic) bond motifs is 3. The van der Waals surface area contributed by atoms with Gasteiger partial charge in [0.25, 0.3) is 5.91 Å². The Bertz CT molecular complexity index is 810. The predicted octanol–water partition coefficient (Wildman–Crippen LogP) is 3.71. The number of amides is 1. The highest BCUT2D eigenvalue weighted by Crippen LogP contribution is 2.39. The summed E-state index contributed by atoms with van der Waals surface area (Å²) in [6.45, 7) is 1.47. The van der Waals surface area contributed by atoms with Crippen molar-refractivity contribution in [2.45, 2.75) is 12.5 Å². The van der Waals surface area contributed by atoms with Gasteiger partial charge < -0.3 is 10.6 Å². The molecule has 0 bridgehead atoms. The molecule has 3 nitrogen and oxygen atoms in total. The summed E-state index contributed by atoms with van der Waals surface area (Å²) in [6, 6.07) is 10.5. The van der Waals surface area contributed by atoms with Crippen LogP contribution in [-0.4, -0.2) is 29.9 Å². The summed E-state index contributed by atoms with van der Waals surface area (Å²) >= 11 is 3.37. The molecule has 0 aliphatic carbocycles. The number of halogens is 1. The SMILES string of the molecule is Cl.N[C@@H]1CCN(C(=O)c2cc3sc4ccccc4c3s2)C1. The molecule has 1 aliphatic heterocycles. The van der Waals surface area contributed by atoms with Crippen LogP contribution in [0.1, 0.15) is 16.1 Å². The molecule has 6 heteroatoms. The number of thiophene rings is 2. The smallest absolute Gasteiger partial charge is 0.264 e. The summed E-state index contributed by atoms with van der Waals surface area (Å²) < 4.78 is 3.73. The van der Waals surface area contributed by atoms with Crippen LogP contribution < -0.4 is 5.73 Å². The summed E-state index contributed by atoms with van der Waals surface area (Å²) in [4.78, 5) is 15.2. The van der Waals surface area contributed by atoms with E-state index in [1.165, 1.54) is 19.5 Å². The van der Waals surface area contributed by atoms with Crippen LogP contribution in [0.15, 0.2) is 30.3 Å². The quantitative estimate of drug-likeness (QED) is 0.735. The molecular weight excluding hydrogens is 324 g/mol. The molecule has 2 N–H and O–H groups in total. The number of carbonyl (C=O) groups excluding carboxylic acids is 1. The molecule has 1 fully saturated rings. The van der Waals surface area contributed by atoms with Gasteiger partial charge in [-0.15, -0.1) is 35.1 Å². The van der Waals surface area contributed by atoms with Crippen molar-refractivity contribution in [3.8, 4) is 0 Å². The van der Waals surface area contributed by atoms with Gasteiger partial charge in [0.05, 0.1) is 9.58 Å². The first-order valence-corrected chi connectivity index (χ1v) is 8.31. The lowest BCUT2D eigenvalue weighted by atomic mass is 10.2. The molecule has 110 valence electrons. The molecule has 0 spiro atoms. The fraction of sp³-hybridized carbons (Fsp3) is 0.267. The zero-order valence-corrected chi connectivity index (χ0v) is 13.7. The third-order valence-corrected chi connectivity index (χ3v) is 6.18. The van der Waals surface area contributed by atoms with Gasteiger partial charge in [-0.1, -0.05) is 18.2 Å². The number of nitrogens with two attached hydrogens (primary N) is 1. The minimum Gasteiger partial charge on any atom is -0.336 e. The minimum atomic E-state index is 0. The number of benzene rings is 1. The van der Waals surface area contributed by atoms with Crippen molar-refractivity contribution in [1.29, 1.82) is 0 Å². The van der Waals surface area contributed by atoms with Crippen molar-refractivity contribution in [1.82, 2.24) is 4.90 Å². The molecule has 21 heavy (non-hydrogen) atoms. The number of hydrogen-bond donors (Lipinski definition) is 1. The average Bonchev–Trinajstić information content (AvgIpc) is 3.11. The van der Waals surface area contributed by atoms with Crippen LogP contribution in [-0.2, 0) is 0 Å². The topological polar surface area (TPSA) is 46.3 Å². The van der Waals surface area contributed by atoms with E-state index in [1.54, 1.807) is 22.7 Å². The van der Waals surface area contributed by atoms with E-state index in [2.05, 4.69) is 24.3 Å². The number of nitrogens with zero attached hydrogens (tertiary/aromatic N) is 1. The first kappa shape index (κ1) is 14.8. The van der Waals surface area contributed by atoms with E-state index >= 15 is 0 Å². The molecule has 3 heterocycles. The lowest BCUT2D eigenvalue weighted by molar-refractivity contribution is 0.0795. The molecule has 3 aromatic rings. The second-order valence-electron chi connectivity index (χ2n) is 5.20. The maximum absolute atomic E-state index is 12.5. The third kappa shape index (κ3) is 2.44. The first-order chi connectivity index (χ1) is 9.72. The maximum Gasteiger partial charge on any atom is 0.264 e. The van der Waals surface area contributed by atoms with E-state index in [0.717, 1.165) is 17.8 Å². The van der Waals surface area contributed by atoms with Crippen molar-refractivity contribution in [2.24, 2.45) is 5.73 Å². The van der Waals surface area contributed by atoms with Crippen molar-refractivity contribution >= 4 is 60.5 Å². The van der Waals surface area contributed by atoms with Gasteiger partial charge in [-0.05, 0) is 18.6 Å².